The summed E-state index contributed by atoms with van der Waals surface area (Å²) in [5, 5.41) is 0. The second-order valence-electron chi connectivity index (χ2n) is 4.53. The van der Waals surface area contributed by atoms with E-state index >= 15 is 0 Å². The van der Waals surface area contributed by atoms with Crippen molar-refractivity contribution >= 4 is 11.5 Å². The van der Waals surface area contributed by atoms with E-state index in [1.807, 2.05) is 25.2 Å². The number of likely N-dealkylation sites (N-methyl/N-ethyl adjacent to an activating group) is 2. The van der Waals surface area contributed by atoms with Crippen LogP contribution in [0.3, 0.4) is 0 Å². The Morgan fingerprint density at radius 1 is 1.06 bits per heavy atom. The van der Waals surface area contributed by atoms with Crippen molar-refractivity contribution in [3.05, 3.63) is 42.0 Å². The molecule has 2 rings (SSSR count). The van der Waals surface area contributed by atoms with Gasteiger partial charge in [-0.15, -0.1) is 0 Å². The van der Waals surface area contributed by atoms with E-state index in [1.54, 1.807) is 11.0 Å². The maximum atomic E-state index is 11.9. The quantitative estimate of drug-likeness (QED) is 0.729. The Bertz CT molecular complexity index is 425. The number of carbonyl (C=O) groups excluding carboxylic acids is 1. The third-order valence-corrected chi connectivity index (χ3v) is 3.08. The summed E-state index contributed by atoms with van der Waals surface area (Å²) in [6.45, 7) is 2.52. The van der Waals surface area contributed by atoms with Crippen LogP contribution < -0.4 is 0 Å². The van der Waals surface area contributed by atoms with Crippen molar-refractivity contribution in [2.75, 3.05) is 33.7 Å². The molecule has 1 aromatic rings. The van der Waals surface area contributed by atoms with Gasteiger partial charge in [-0.1, -0.05) is 30.3 Å². The summed E-state index contributed by atoms with van der Waals surface area (Å²) >= 11 is 0. The molecular weight excluding hydrogens is 212 g/mol. The van der Waals surface area contributed by atoms with Gasteiger partial charge in [-0.2, -0.15) is 0 Å². The molecule has 0 N–H and O–H groups in total. The molecule has 0 fully saturated rings. The van der Waals surface area contributed by atoms with Crippen molar-refractivity contribution in [2.45, 2.75) is 0 Å². The van der Waals surface area contributed by atoms with Gasteiger partial charge in [-0.3, -0.25) is 4.79 Å². The topological polar surface area (TPSA) is 23.6 Å². The molecule has 0 aliphatic carbocycles. The van der Waals surface area contributed by atoms with Crippen molar-refractivity contribution in [1.82, 2.24) is 9.80 Å². The second kappa shape index (κ2) is 5.15. The summed E-state index contributed by atoms with van der Waals surface area (Å²) in [5.41, 5.74) is 2.22. The highest BCUT2D eigenvalue weighted by atomic mass is 16.2. The first-order chi connectivity index (χ1) is 8.16. The molecule has 0 radical (unpaired) electrons. The van der Waals surface area contributed by atoms with Gasteiger partial charge >= 0.3 is 0 Å². The van der Waals surface area contributed by atoms with Crippen LogP contribution in [0.25, 0.3) is 5.57 Å². The molecule has 0 unspecified atom stereocenters. The maximum absolute atomic E-state index is 11.9. The summed E-state index contributed by atoms with van der Waals surface area (Å²) in [6.07, 6.45) is 1.75. The van der Waals surface area contributed by atoms with E-state index < -0.39 is 0 Å². The molecule has 0 saturated heterocycles. The van der Waals surface area contributed by atoms with Crippen molar-refractivity contribution < 1.29 is 4.79 Å². The minimum Gasteiger partial charge on any atom is -0.341 e. The van der Waals surface area contributed by atoms with E-state index in [-0.39, 0.29) is 5.91 Å². The minimum absolute atomic E-state index is 0.0944. The van der Waals surface area contributed by atoms with Crippen LogP contribution in [0.4, 0.5) is 0 Å². The first kappa shape index (κ1) is 11.9. The fraction of sp³-hybridized carbons (Fsp3) is 0.357. The van der Waals surface area contributed by atoms with Gasteiger partial charge in [-0.25, -0.2) is 0 Å². The molecule has 1 aliphatic heterocycles. The summed E-state index contributed by atoms with van der Waals surface area (Å²) in [5.74, 6) is 0.0944. The standard InChI is InChI=1S/C14H18N2O/c1-15-8-9-16(2)14(17)10-13(11-15)12-6-4-3-5-7-12/h3-7,10H,8-9,11H2,1-2H3/b13-10+. The zero-order chi connectivity index (χ0) is 12.3. The lowest BCUT2D eigenvalue weighted by Gasteiger charge is -2.26. The number of amides is 1. The molecule has 3 nitrogen and oxygen atoms in total. The number of carbonyl (C=O) groups is 1. The lowest BCUT2D eigenvalue weighted by Crippen LogP contribution is -2.37. The molecule has 3 heteroatoms. The molecule has 0 saturated carbocycles. The molecular formula is C14H18N2O. The second-order valence-corrected chi connectivity index (χ2v) is 4.53. The summed E-state index contributed by atoms with van der Waals surface area (Å²) < 4.78 is 0. The average Bonchev–Trinajstić information content (AvgIpc) is 2.34. The third kappa shape index (κ3) is 2.94. The molecule has 1 aliphatic rings. The van der Waals surface area contributed by atoms with Crippen LogP contribution in [-0.4, -0.2) is 49.4 Å². The zero-order valence-electron chi connectivity index (χ0n) is 10.4. The Morgan fingerprint density at radius 3 is 2.47 bits per heavy atom. The Morgan fingerprint density at radius 2 is 1.76 bits per heavy atom. The first-order valence-corrected chi connectivity index (χ1v) is 5.86. The first-order valence-electron chi connectivity index (χ1n) is 5.86. The number of benzene rings is 1. The molecule has 17 heavy (non-hydrogen) atoms. The van der Waals surface area contributed by atoms with Crippen molar-refractivity contribution in [3.8, 4) is 0 Å². The highest BCUT2D eigenvalue weighted by molar-refractivity contribution is 5.95. The molecule has 0 bridgehead atoms. The smallest absolute Gasteiger partial charge is 0.246 e. The summed E-state index contributed by atoms with van der Waals surface area (Å²) in [4.78, 5) is 15.9. The van der Waals surface area contributed by atoms with Gasteiger partial charge < -0.3 is 9.80 Å². The Balaban J connectivity index is 2.32. The average molecular weight is 230 g/mol. The molecule has 0 spiro atoms. The lowest BCUT2D eigenvalue weighted by molar-refractivity contribution is -0.125. The van der Waals surface area contributed by atoms with Gasteiger partial charge in [0.25, 0.3) is 0 Å². The fourth-order valence-electron chi connectivity index (χ4n) is 1.93. The van der Waals surface area contributed by atoms with E-state index in [2.05, 4.69) is 24.1 Å². The monoisotopic (exact) mass is 230 g/mol. The van der Waals surface area contributed by atoms with Crippen LogP contribution in [0, 0.1) is 0 Å². The maximum Gasteiger partial charge on any atom is 0.246 e. The van der Waals surface area contributed by atoms with Crippen molar-refractivity contribution in [2.24, 2.45) is 0 Å². The highest BCUT2D eigenvalue weighted by Crippen LogP contribution is 2.16. The van der Waals surface area contributed by atoms with Gasteiger partial charge in [0.05, 0.1) is 0 Å². The largest absolute Gasteiger partial charge is 0.341 e. The molecule has 1 amide bonds. The third-order valence-electron chi connectivity index (χ3n) is 3.08. The van der Waals surface area contributed by atoms with E-state index in [4.69, 9.17) is 0 Å². The molecule has 90 valence electrons. The van der Waals surface area contributed by atoms with Gasteiger partial charge in [0.1, 0.15) is 0 Å². The van der Waals surface area contributed by atoms with Crippen LogP contribution in [0.1, 0.15) is 5.56 Å². The summed E-state index contributed by atoms with van der Waals surface area (Å²) in [6, 6.07) is 10.1. The van der Waals surface area contributed by atoms with Gasteiger partial charge in [0, 0.05) is 32.8 Å². The SMILES string of the molecule is CN1CCN(C)C(=O)/C=C(/c2ccccc2)C1. The van der Waals surface area contributed by atoms with Crippen molar-refractivity contribution in [3.63, 3.8) is 0 Å². The van der Waals surface area contributed by atoms with Crippen LogP contribution in [-0.2, 0) is 4.79 Å². The normalized spacial score (nSPS) is 21.6. The molecule has 0 atom stereocenters. The van der Waals surface area contributed by atoms with Crippen molar-refractivity contribution in [1.29, 1.82) is 0 Å². The van der Waals surface area contributed by atoms with Crippen LogP contribution >= 0.6 is 0 Å². The minimum atomic E-state index is 0.0944. The van der Waals surface area contributed by atoms with Gasteiger partial charge in [0.2, 0.25) is 5.91 Å². The molecule has 0 aromatic heterocycles. The molecule has 1 aromatic carbocycles. The van der Waals surface area contributed by atoms with E-state index in [0.717, 1.165) is 30.8 Å². The number of rotatable bonds is 1. The Labute approximate surface area is 102 Å². The van der Waals surface area contributed by atoms with E-state index in [0.29, 0.717) is 0 Å². The predicted molar refractivity (Wildman–Crippen MR) is 69.6 cm³/mol. The van der Waals surface area contributed by atoms with Gasteiger partial charge in [0.15, 0.2) is 0 Å². The number of hydrogen-bond donors (Lipinski definition) is 0. The van der Waals surface area contributed by atoms with Gasteiger partial charge in [-0.05, 0) is 18.2 Å². The van der Waals surface area contributed by atoms with E-state index in [1.165, 1.54) is 0 Å². The highest BCUT2D eigenvalue weighted by Gasteiger charge is 2.15. The van der Waals surface area contributed by atoms with E-state index in [9.17, 15) is 4.79 Å². The number of hydrogen-bond acceptors (Lipinski definition) is 2. The number of nitrogens with zero attached hydrogens (tertiary/aromatic N) is 2. The Kier molecular flexibility index (Phi) is 3.59. The van der Waals surface area contributed by atoms with Crippen LogP contribution in [0.15, 0.2) is 36.4 Å². The molecule has 1 heterocycles. The predicted octanol–water partition coefficient (Wildman–Crippen LogP) is 1.47. The van der Waals surface area contributed by atoms with Crippen LogP contribution in [0.5, 0.6) is 0 Å². The zero-order valence-corrected chi connectivity index (χ0v) is 10.4. The van der Waals surface area contributed by atoms with Crippen LogP contribution in [0.2, 0.25) is 0 Å². The summed E-state index contributed by atoms with van der Waals surface area (Å²) in [7, 11) is 3.93. The fourth-order valence-corrected chi connectivity index (χ4v) is 1.93. The Hall–Kier alpha value is -1.61. The lowest BCUT2D eigenvalue weighted by atomic mass is 10.0.